The number of hydrogen-bond donors (Lipinski definition) is 0. The summed E-state index contributed by atoms with van der Waals surface area (Å²) in [7, 11) is 12.0. The molecule has 1 aliphatic carbocycles. The summed E-state index contributed by atoms with van der Waals surface area (Å²) >= 11 is 0. The van der Waals surface area contributed by atoms with Crippen molar-refractivity contribution in [3.63, 3.8) is 0 Å². The second kappa shape index (κ2) is 7.43. The maximum atomic E-state index is 6.02. The monoisotopic (exact) mass is 188 g/mol. The molecule has 1 rings (SSSR count). The van der Waals surface area contributed by atoms with Gasteiger partial charge in [0.25, 0.3) is 0 Å². The lowest BCUT2D eigenvalue weighted by Gasteiger charge is -2.16. The van der Waals surface area contributed by atoms with Gasteiger partial charge in [-0.05, 0) is 0 Å². The molecule has 0 aromatic rings. The van der Waals surface area contributed by atoms with Crippen LogP contribution in [0.15, 0.2) is 0 Å². The third-order valence-corrected chi connectivity index (χ3v) is 3.30. The fourth-order valence-corrected chi connectivity index (χ4v) is 2.27. The topological polar surface area (TPSA) is 0 Å². The van der Waals surface area contributed by atoms with Crippen molar-refractivity contribution in [2.24, 2.45) is 0 Å². The Balaban J connectivity index is 2.21. The number of rotatable bonds is 0. The van der Waals surface area contributed by atoms with Crippen LogP contribution in [-0.4, -0.2) is 15.7 Å². The van der Waals surface area contributed by atoms with Crippen LogP contribution in [0.25, 0.3) is 0 Å². The molecule has 1 fully saturated rings. The normalized spacial score (nSPS) is 32.9. The molecule has 0 nitrogen and oxygen atoms in total. The molecule has 2 heteroatoms. The fraction of sp³-hybridized carbons (Fsp3) is 1.00. The van der Waals surface area contributed by atoms with Gasteiger partial charge in [0.2, 0.25) is 0 Å². The van der Waals surface area contributed by atoms with Gasteiger partial charge in [0.1, 0.15) is 0 Å². The summed E-state index contributed by atoms with van der Waals surface area (Å²) in [6, 6.07) is 0. The average molecular weight is 188 g/mol. The Morgan fingerprint density at radius 3 is 1.36 bits per heavy atom. The Hall–Kier alpha value is 0.130. The van der Waals surface area contributed by atoms with Crippen molar-refractivity contribution >= 4 is 15.7 Å². The van der Waals surface area contributed by atoms with Crippen LogP contribution in [0.5, 0.6) is 0 Å². The lowest BCUT2D eigenvalue weighted by Crippen LogP contribution is -1.98. The summed E-state index contributed by atoms with van der Waals surface area (Å²) in [4.78, 5) is 0. The van der Waals surface area contributed by atoms with E-state index in [0.29, 0.717) is 11.6 Å². The fourth-order valence-electron chi connectivity index (χ4n) is 2.27. The van der Waals surface area contributed by atoms with Crippen molar-refractivity contribution in [3.8, 4) is 0 Å². The lowest BCUT2D eigenvalue weighted by molar-refractivity contribution is 0.504. The molecular formula is C12H22B2. The molecule has 2 unspecified atom stereocenters. The van der Waals surface area contributed by atoms with Crippen molar-refractivity contribution in [2.45, 2.75) is 75.8 Å². The van der Waals surface area contributed by atoms with E-state index in [-0.39, 0.29) is 0 Å². The molecule has 2 atom stereocenters. The van der Waals surface area contributed by atoms with Gasteiger partial charge in [-0.3, -0.25) is 0 Å². The van der Waals surface area contributed by atoms with Gasteiger partial charge in [-0.25, -0.2) is 0 Å². The van der Waals surface area contributed by atoms with Crippen molar-refractivity contribution < 1.29 is 0 Å². The molecule has 0 saturated heterocycles. The Labute approximate surface area is 92.1 Å². The van der Waals surface area contributed by atoms with E-state index in [4.69, 9.17) is 15.7 Å². The average Bonchev–Trinajstić information content (AvgIpc) is 2.14. The van der Waals surface area contributed by atoms with Crippen LogP contribution in [0.4, 0.5) is 0 Å². The van der Waals surface area contributed by atoms with Gasteiger partial charge in [-0.1, -0.05) is 75.8 Å². The minimum Gasteiger partial charge on any atom is -0.0774 e. The van der Waals surface area contributed by atoms with Crippen LogP contribution >= 0.6 is 0 Å². The second-order valence-electron chi connectivity index (χ2n) is 4.80. The van der Waals surface area contributed by atoms with Gasteiger partial charge in [-0.2, -0.15) is 0 Å². The third-order valence-electron chi connectivity index (χ3n) is 3.30. The SMILES string of the molecule is [B]C1CCCCCCCC([B])CCC1. The van der Waals surface area contributed by atoms with Gasteiger partial charge in [0, 0.05) is 0 Å². The van der Waals surface area contributed by atoms with E-state index in [1.165, 1.54) is 64.2 Å². The van der Waals surface area contributed by atoms with E-state index in [0.717, 1.165) is 0 Å². The molecule has 0 bridgehead atoms. The molecule has 0 N–H and O–H groups in total. The van der Waals surface area contributed by atoms with E-state index in [1.54, 1.807) is 0 Å². The Bertz CT molecular complexity index is 122. The Morgan fingerprint density at radius 2 is 0.857 bits per heavy atom. The Kier molecular flexibility index (Phi) is 6.47. The van der Waals surface area contributed by atoms with E-state index in [2.05, 4.69) is 0 Å². The van der Waals surface area contributed by atoms with E-state index in [1.807, 2.05) is 0 Å². The van der Waals surface area contributed by atoms with Crippen LogP contribution in [0.2, 0.25) is 11.6 Å². The van der Waals surface area contributed by atoms with Crippen LogP contribution in [-0.2, 0) is 0 Å². The molecule has 0 spiro atoms. The standard InChI is InChI=1S/C12H22B2/c13-11-7-4-2-1-3-5-8-12(14)10-6-9-11/h11-12H,1-10H2. The van der Waals surface area contributed by atoms with E-state index < -0.39 is 0 Å². The third kappa shape index (κ3) is 5.78. The summed E-state index contributed by atoms with van der Waals surface area (Å²) in [6.07, 6.45) is 12.8. The van der Waals surface area contributed by atoms with Crippen molar-refractivity contribution in [1.29, 1.82) is 0 Å². The summed E-state index contributed by atoms with van der Waals surface area (Å²) in [5.41, 5.74) is 0. The molecule has 76 valence electrons. The molecule has 0 aromatic carbocycles. The van der Waals surface area contributed by atoms with E-state index in [9.17, 15) is 0 Å². The summed E-state index contributed by atoms with van der Waals surface area (Å²) in [5, 5.41) is 0. The minimum absolute atomic E-state index is 0.432. The molecule has 0 aromatic heterocycles. The summed E-state index contributed by atoms with van der Waals surface area (Å²) < 4.78 is 0. The van der Waals surface area contributed by atoms with Crippen LogP contribution in [0.3, 0.4) is 0 Å². The zero-order valence-corrected chi connectivity index (χ0v) is 9.38. The predicted molar refractivity (Wildman–Crippen MR) is 65.2 cm³/mol. The highest BCUT2D eigenvalue weighted by Crippen LogP contribution is 2.25. The molecule has 0 aliphatic heterocycles. The lowest BCUT2D eigenvalue weighted by atomic mass is 9.74. The first-order valence-electron chi connectivity index (χ1n) is 6.30. The summed E-state index contributed by atoms with van der Waals surface area (Å²) in [5.74, 6) is 0.864. The Morgan fingerprint density at radius 1 is 0.500 bits per heavy atom. The van der Waals surface area contributed by atoms with Gasteiger partial charge in [0.15, 0.2) is 0 Å². The minimum atomic E-state index is 0.432. The first-order chi connectivity index (χ1) is 6.79. The first kappa shape index (κ1) is 12.2. The second-order valence-corrected chi connectivity index (χ2v) is 4.80. The van der Waals surface area contributed by atoms with Crippen LogP contribution in [0, 0.1) is 0 Å². The van der Waals surface area contributed by atoms with Crippen LogP contribution in [0.1, 0.15) is 64.2 Å². The van der Waals surface area contributed by atoms with E-state index >= 15 is 0 Å². The smallest absolute Gasteiger partial charge is 0.0699 e. The van der Waals surface area contributed by atoms with Gasteiger partial charge >= 0.3 is 0 Å². The molecule has 1 saturated carbocycles. The van der Waals surface area contributed by atoms with Crippen molar-refractivity contribution in [2.75, 3.05) is 0 Å². The van der Waals surface area contributed by atoms with Gasteiger partial charge in [-0.15, -0.1) is 0 Å². The largest absolute Gasteiger partial charge is 0.0774 e. The van der Waals surface area contributed by atoms with Gasteiger partial charge < -0.3 is 0 Å². The predicted octanol–water partition coefficient (Wildman–Crippen LogP) is 3.82. The highest BCUT2D eigenvalue weighted by molar-refractivity contribution is 6.12. The zero-order chi connectivity index (χ0) is 10.2. The molecule has 4 radical (unpaired) electrons. The molecule has 14 heavy (non-hydrogen) atoms. The molecule has 0 heterocycles. The number of hydrogen-bond acceptors (Lipinski definition) is 0. The molecular weight excluding hydrogens is 166 g/mol. The van der Waals surface area contributed by atoms with Gasteiger partial charge in [0.05, 0.1) is 15.7 Å². The zero-order valence-electron chi connectivity index (χ0n) is 9.38. The van der Waals surface area contributed by atoms with Crippen LogP contribution < -0.4 is 0 Å². The quantitative estimate of drug-likeness (QED) is 0.507. The highest BCUT2D eigenvalue weighted by Gasteiger charge is 2.06. The molecule has 1 aliphatic rings. The summed E-state index contributed by atoms with van der Waals surface area (Å²) in [6.45, 7) is 0. The van der Waals surface area contributed by atoms with Crippen molar-refractivity contribution in [1.82, 2.24) is 0 Å². The first-order valence-corrected chi connectivity index (χ1v) is 6.30. The molecule has 0 amide bonds. The maximum absolute atomic E-state index is 6.02. The maximum Gasteiger partial charge on any atom is 0.0699 e. The highest BCUT2D eigenvalue weighted by atomic mass is 14.1. The van der Waals surface area contributed by atoms with Crippen molar-refractivity contribution in [3.05, 3.63) is 0 Å².